The highest BCUT2D eigenvalue weighted by Crippen LogP contribution is 2.39. The van der Waals surface area contributed by atoms with Crippen LogP contribution in [0.1, 0.15) is 36.6 Å². The highest BCUT2D eigenvalue weighted by molar-refractivity contribution is 6.30. The van der Waals surface area contributed by atoms with E-state index in [1.165, 1.54) is 12.8 Å². The van der Waals surface area contributed by atoms with Crippen molar-refractivity contribution in [2.24, 2.45) is 0 Å². The SMILES string of the molecule is Cc1c(Cl)nc(C2CC2)nc1NCCCN1CCOCC1. The van der Waals surface area contributed by atoms with Crippen LogP contribution in [0.15, 0.2) is 0 Å². The number of nitrogens with zero attached hydrogens (tertiary/aromatic N) is 3. The van der Waals surface area contributed by atoms with Gasteiger partial charge in [0.15, 0.2) is 0 Å². The van der Waals surface area contributed by atoms with Crippen molar-refractivity contribution in [1.29, 1.82) is 0 Å². The lowest BCUT2D eigenvalue weighted by Crippen LogP contribution is -2.37. The normalized spacial score (nSPS) is 19.7. The van der Waals surface area contributed by atoms with Crippen molar-refractivity contribution in [2.75, 3.05) is 44.7 Å². The van der Waals surface area contributed by atoms with Crippen LogP contribution in [0, 0.1) is 6.92 Å². The van der Waals surface area contributed by atoms with E-state index in [2.05, 4.69) is 20.2 Å². The standard InChI is InChI=1S/C15H23ClN4O/c1-11-13(16)18-15(12-3-4-12)19-14(11)17-5-2-6-20-7-9-21-10-8-20/h12H,2-10H2,1H3,(H,17,18,19). The lowest BCUT2D eigenvalue weighted by Gasteiger charge is -2.26. The molecule has 1 aromatic rings. The summed E-state index contributed by atoms with van der Waals surface area (Å²) < 4.78 is 5.36. The molecule has 2 heterocycles. The minimum Gasteiger partial charge on any atom is -0.379 e. The molecule has 0 unspecified atom stereocenters. The van der Waals surface area contributed by atoms with Crippen LogP contribution in [0.3, 0.4) is 0 Å². The van der Waals surface area contributed by atoms with Gasteiger partial charge >= 0.3 is 0 Å². The van der Waals surface area contributed by atoms with Crippen molar-refractivity contribution in [1.82, 2.24) is 14.9 Å². The average molecular weight is 311 g/mol. The summed E-state index contributed by atoms with van der Waals surface area (Å²) in [5.74, 6) is 2.33. The second kappa shape index (κ2) is 6.90. The Hall–Kier alpha value is -0.910. The quantitative estimate of drug-likeness (QED) is 0.646. The van der Waals surface area contributed by atoms with Crippen LogP contribution in [-0.4, -0.2) is 54.3 Å². The van der Waals surface area contributed by atoms with E-state index in [0.29, 0.717) is 11.1 Å². The third-order valence-electron chi connectivity index (χ3n) is 4.09. The minimum atomic E-state index is 0.525. The molecule has 1 saturated heterocycles. The number of hydrogen-bond acceptors (Lipinski definition) is 5. The molecule has 1 aliphatic carbocycles. The number of ether oxygens (including phenoxy) is 1. The molecule has 3 rings (SSSR count). The molecule has 1 aromatic heterocycles. The Kier molecular flexibility index (Phi) is 4.93. The molecule has 0 bridgehead atoms. The van der Waals surface area contributed by atoms with Crippen LogP contribution in [0.4, 0.5) is 5.82 Å². The van der Waals surface area contributed by atoms with Crippen molar-refractivity contribution in [3.8, 4) is 0 Å². The zero-order valence-corrected chi connectivity index (χ0v) is 13.3. The smallest absolute Gasteiger partial charge is 0.137 e. The number of aromatic nitrogens is 2. The summed E-state index contributed by atoms with van der Waals surface area (Å²) in [5, 5.41) is 4.01. The Bertz CT molecular complexity index is 487. The Morgan fingerprint density at radius 2 is 2.05 bits per heavy atom. The first kappa shape index (κ1) is 15.0. The van der Waals surface area contributed by atoms with Gasteiger partial charge < -0.3 is 10.1 Å². The van der Waals surface area contributed by atoms with E-state index in [-0.39, 0.29) is 0 Å². The fraction of sp³-hybridized carbons (Fsp3) is 0.733. The summed E-state index contributed by atoms with van der Waals surface area (Å²) >= 11 is 6.21. The van der Waals surface area contributed by atoms with Crippen LogP contribution in [0.25, 0.3) is 0 Å². The number of anilines is 1. The zero-order valence-electron chi connectivity index (χ0n) is 12.6. The van der Waals surface area contributed by atoms with Gasteiger partial charge in [-0.25, -0.2) is 9.97 Å². The second-order valence-electron chi connectivity index (χ2n) is 5.85. The maximum absolute atomic E-state index is 6.21. The fourth-order valence-electron chi connectivity index (χ4n) is 2.54. The Morgan fingerprint density at radius 1 is 1.29 bits per heavy atom. The Morgan fingerprint density at radius 3 is 2.76 bits per heavy atom. The van der Waals surface area contributed by atoms with E-state index in [1.54, 1.807) is 0 Å². The van der Waals surface area contributed by atoms with Crippen LogP contribution in [0.2, 0.25) is 5.15 Å². The molecule has 0 radical (unpaired) electrons. The largest absolute Gasteiger partial charge is 0.379 e. The van der Waals surface area contributed by atoms with E-state index in [4.69, 9.17) is 16.3 Å². The molecule has 0 atom stereocenters. The lowest BCUT2D eigenvalue weighted by molar-refractivity contribution is 0.0378. The first-order valence-corrected chi connectivity index (χ1v) is 8.20. The predicted octanol–water partition coefficient (Wildman–Crippen LogP) is 2.45. The highest BCUT2D eigenvalue weighted by atomic mass is 35.5. The van der Waals surface area contributed by atoms with Gasteiger partial charge in [-0.05, 0) is 32.7 Å². The molecule has 0 aromatic carbocycles. The molecule has 1 saturated carbocycles. The topological polar surface area (TPSA) is 50.3 Å². The number of nitrogens with one attached hydrogen (secondary N) is 1. The molecule has 116 valence electrons. The third-order valence-corrected chi connectivity index (χ3v) is 4.46. The van der Waals surface area contributed by atoms with Gasteiger partial charge in [0.05, 0.1) is 13.2 Å². The van der Waals surface area contributed by atoms with E-state index in [0.717, 1.165) is 63.0 Å². The molecule has 21 heavy (non-hydrogen) atoms. The molecule has 1 aliphatic heterocycles. The van der Waals surface area contributed by atoms with Crippen molar-refractivity contribution in [2.45, 2.75) is 32.1 Å². The summed E-state index contributed by atoms with van der Waals surface area (Å²) in [4.78, 5) is 11.5. The molecule has 1 N–H and O–H groups in total. The van der Waals surface area contributed by atoms with E-state index < -0.39 is 0 Å². The monoisotopic (exact) mass is 310 g/mol. The molecule has 0 spiro atoms. The van der Waals surface area contributed by atoms with Gasteiger partial charge in [0.1, 0.15) is 16.8 Å². The fourth-order valence-corrected chi connectivity index (χ4v) is 2.71. The first-order chi connectivity index (χ1) is 10.2. The molecule has 6 heteroatoms. The predicted molar refractivity (Wildman–Crippen MR) is 84.1 cm³/mol. The molecular formula is C15H23ClN4O. The lowest BCUT2D eigenvalue weighted by atomic mass is 10.3. The molecule has 2 fully saturated rings. The average Bonchev–Trinajstić information content (AvgIpc) is 3.33. The van der Waals surface area contributed by atoms with Crippen molar-refractivity contribution in [3.05, 3.63) is 16.5 Å². The summed E-state index contributed by atoms with van der Waals surface area (Å²) in [6.07, 6.45) is 3.48. The van der Waals surface area contributed by atoms with Gasteiger partial charge in [0.25, 0.3) is 0 Å². The van der Waals surface area contributed by atoms with Gasteiger partial charge in [-0.15, -0.1) is 0 Å². The van der Waals surface area contributed by atoms with E-state index in [9.17, 15) is 0 Å². The molecular weight excluding hydrogens is 288 g/mol. The Balaban J connectivity index is 1.50. The first-order valence-electron chi connectivity index (χ1n) is 7.82. The van der Waals surface area contributed by atoms with Gasteiger partial charge in [-0.3, -0.25) is 4.90 Å². The van der Waals surface area contributed by atoms with Gasteiger partial charge in [0, 0.05) is 31.1 Å². The van der Waals surface area contributed by atoms with Gasteiger partial charge in [-0.2, -0.15) is 0 Å². The summed E-state index contributed by atoms with van der Waals surface area (Å²) in [7, 11) is 0. The maximum atomic E-state index is 6.21. The summed E-state index contributed by atoms with van der Waals surface area (Å²) in [6.45, 7) is 7.80. The van der Waals surface area contributed by atoms with Crippen LogP contribution in [0.5, 0.6) is 0 Å². The van der Waals surface area contributed by atoms with Crippen molar-refractivity contribution in [3.63, 3.8) is 0 Å². The van der Waals surface area contributed by atoms with Gasteiger partial charge in [0.2, 0.25) is 0 Å². The number of morpholine rings is 1. The van der Waals surface area contributed by atoms with Crippen LogP contribution >= 0.6 is 11.6 Å². The number of rotatable bonds is 6. The minimum absolute atomic E-state index is 0.525. The van der Waals surface area contributed by atoms with Crippen molar-refractivity contribution >= 4 is 17.4 Å². The van der Waals surface area contributed by atoms with Crippen molar-refractivity contribution < 1.29 is 4.74 Å². The molecule has 5 nitrogen and oxygen atoms in total. The van der Waals surface area contributed by atoms with Gasteiger partial charge in [-0.1, -0.05) is 11.6 Å². The van der Waals surface area contributed by atoms with E-state index in [1.807, 2.05) is 6.92 Å². The van der Waals surface area contributed by atoms with Crippen LogP contribution < -0.4 is 5.32 Å². The summed E-state index contributed by atoms with van der Waals surface area (Å²) in [5.41, 5.74) is 0.951. The highest BCUT2D eigenvalue weighted by Gasteiger charge is 2.27. The maximum Gasteiger partial charge on any atom is 0.137 e. The Labute approximate surface area is 131 Å². The molecule has 0 amide bonds. The summed E-state index contributed by atoms with van der Waals surface area (Å²) in [6, 6.07) is 0. The number of halogens is 1. The molecule has 2 aliphatic rings. The zero-order chi connectivity index (χ0) is 14.7. The second-order valence-corrected chi connectivity index (χ2v) is 6.21. The number of hydrogen-bond donors (Lipinski definition) is 1. The third kappa shape index (κ3) is 4.05. The van der Waals surface area contributed by atoms with E-state index >= 15 is 0 Å². The van der Waals surface area contributed by atoms with Crippen LogP contribution in [-0.2, 0) is 4.74 Å².